The van der Waals surface area contributed by atoms with E-state index in [4.69, 9.17) is 4.74 Å². The van der Waals surface area contributed by atoms with Crippen LogP contribution in [0, 0.1) is 3.57 Å². The lowest BCUT2D eigenvalue weighted by atomic mass is 10.3. The first kappa shape index (κ1) is 14.5. The third-order valence-corrected chi connectivity index (χ3v) is 3.95. The molecule has 1 aromatic carbocycles. The van der Waals surface area contributed by atoms with E-state index in [0.29, 0.717) is 5.88 Å². The number of hydrogen-bond acceptors (Lipinski definition) is 4. The largest absolute Gasteiger partial charge is 0.437 e. The van der Waals surface area contributed by atoms with Gasteiger partial charge in [0, 0.05) is 6.54 Å². The van der Waals surface area contributed by atoms with Crippen molar-refractivity contribution < 1.29 is 4.74 Å². The van der Waals surface area contributed by atoms with Gasteiger partial charge in [-0.05, 0) is 57.1 Å². The highest BCUT2D eigenvalue weighted by atomic mass is 127. The average Bonchev–Trinajstić information content (AvgIpc) is 2.42. The topological polar surface area (TPSA) is 47.0 Å². The summed E-state index contributed by atoms with van der Waals surface area (Å²) in [5.74, 6) is 2.04. The fourth-order valence-corrected chi connectivity index (χ4v) is 2.35. The number of nitrogens with one attached hydrogen (secondary N) is 1. The molecule has 0 aliphatic heterocycles. The molecule has 1 heterocycles. The van der Waals surface area contributed by atoms with Crippen LogP contribution < -0.4 is 10.1 Å². The number of ether oxygens (including phenoxy) is 1. The molecule has 0 spiro atoms. The van der Waals surface area contributed by atoms with Gasteiger partial charge in [0.25, 0.3) is 0 Å². The Balaban J connectivity index is 2.23. The second kappa shape index (κ2) is 7.04. The second-order valence-corrected chi connectivity index (χ2v) is 5.76. The van der Waals surface area contributed by atoms with E-state index in [1.165, 1.54) is 6.33 Å². The predicted molar refractivity (Wildman–Crippen MR) is 87.7 cm³/mol. The van der Waals surface area contributed by atoms with Crippen LogP contribution >= 0.6 is 38.5 Å². The number of para-hydroxylation sites is 1. The maximum absolute atomic E-state index is 5.82. The Morgan fingerprint density at radius 3 is 2.84 bits per heavy atom. The number of anilines is 1. The first-order valence-electron chi connectivity index (χ1n) is 5.89. The van der Waals surface area contributed by atoms with Crippen molar-refractivity contribution in [3.63, 3.8) is 0 Å². The molecule has 0 atom stereocenters. The van der Waals surface area contributed by atoms with Crippen LogP contribution in [-0.4, -0.2) is 16.5 Å². The van der Waals surface area contributed by atoms with E-state index in [-0.39, 0.29) is 0 Å². The molecule has 1 N–H and O–H groups in total. The van der Waals surface area contributed by atoms with E-state index in [0.717, 1.165) is 32.6 Å². The van der Waals surface area contributed by atoms with Gasteiger partial charge in [-0.1, -0.05) is 19.1 Å². The van der Waals surface area contributed by atoms with Crippen LogP contribution in [-0.2, 0) is 0 Å². The minimum absolute atomic E-state index is 0.512. The monoisotopic (exact) mass is 433 g/mol. The summed E-state index contributed by atoms with van der Waals surface area (Å²) in [7, 11) is 0. The fraction of sp³-hybridized carbons (Fsp3) is 0.231. The Morgan fingerprint density at radius 1 is 1.32 bits per heavy atom. The maximum Gasteiger partial charge on any atom is 0.238 e. The van der Waals surface area contributed by atoms with Crippen LogP contribution in [0.4, 0.5) is 5.82 Å². The molecule has 0 amide bonds. The van der Waals surface area contributed by atoms with E-state index >= 15 is 0 Å². The normalized spacial score (nSPS) is 10.3. The van der Waals surface area contributed by atoms with Gasteiger partial charge in [-0.3, -0.25) is 0 Å². The van der Waals surface area contributed by atoms with Crippen LogP contribution in [0.5, 0.6) is 11.6 Å². The summed E-state index contributed by atoms with van der Waals surface area (Å²) in [5.41, 5.74) is 0. The van der Waals surface area contributed by atoms with Gasteiger partial charge in [-0.25, -0.2) is 9.97 Å². The molecule has 0 saturated carbocycles. The Morgan fingerprint density at radius 2 is 2.11 bits per heavy atom. The standard InChI is InChI=1S/C13H13BrIN3O/c1-2-7-16-12-11(14)13(18-8-17-12)19-10-6-4-3-5-9(10)15/h3-6,8H,2,7H2,1H3,(H,16,17,18). The van der Waals surface area contributed by atoms with Gasteiger partial charge in [0.1, 0.15) is 22.4 Å². The van der Waals surface area contributed by atoms with E-state index in [1.54, 1.807) is 0 Å². The molecule has 0 aliphatic rings. The van der Waals surface area contributed by atoms with Gasteiger partial charge in [0.05, 0.1) is 3.57 Å². The van der Waals surface area contributed by atoms with Crippen LogP contribution in [0.1, 0.15) is 13.3 Å². The summed E-state index contributed by atoms with van der Waals surface area (Å²) < 4.78 is 7.59. The van der Waals surface area contributed by atoms with Gasteiger partial charge in [0.2, 0.25) is 5.88 Å². The van der Waals surface area contributed by atoms with Crippen molar-refractivity contribution in [3.05, 3.63) is 38.6 Å². The molecule has 0 bridgehead atoms. The third kappa shape index (κ3) is 3.79. The van der Waals surface area contributed by atoms with Crippen LogP contribution in [0.25, 0.3) is 0 Å². The number of halogens is 2. The average molecular weight is 434 g/mol. The minimum Gasteiger partial charge on any atom is -0.437 e. The molecule has 6 heteroatoms. The Kier molecular flexibility index (Phi) is 5.38. The summed E-state index contributed by atoms with van der Waals surface area (Å²) in [5, 5.41) is 3.22. The molecule has 19 heavy (non-hydrogen) atoms. The van der Waals surface area contributed by atoms with E-state index in [1.807, 2.05) is 24.3 Å². The van der Waals surface area contributed by atoms with Gasteiger partial charge in [-0.15, -0.1) is 0 Å². The lowest BCUT2D eigenvalue weighted by Gasteiger charge is -2.11. The number of aromatic nitrogens is 2. The molecule has 100 valence electrons. The van der Waals surface area contributed by atoms with E-state index in [2.05, 4.69) is 60.7 Å². The summed E-state index contributed by atoms with van der Waals surface area (Å²) in [6.07, 6.45) is 2.52. The lowest BCUT2D eigenvalue weighted by molar-refractivity contribution is 0.455. The Bertz CT molecular complexity index is 565. The second-order valence-electron chi connectivity index (χ2n) is 3.80. The molecule has 2 rings (SSSR count). The van der Waals surface area contributed by atoms with Crippen molar-refractivity contribution in [3.8, 4) is 11.6 Å². The Hall–Kier alpha value is -0.890. The molecule has 0 unspecified atom stereocenters. The SMILES string of the molecule is CCCNc1ncnc(Oc2ccccc2I)c1Br. The summed E-state index contributed by atoms with van der Waals surface area (Å²) >= 11 is 5.71. The summed E-state index contributed by atoms with van der Waals surface area (Å²) in [4.78, 5) is 8.35. The van der Waals surface area contributed by atoms with Gasteiger partial charge >= 0.3 is 0 Å². The summed E-state index contributed by atoms with van der Waals surface area (Å²) in [6.45, 7) is 2.96. The van der Waals surface area contributed by atoms with Crippen LogP contribution in [0.15, 0.2) is 35.1 Å². The van der Waals surface area contributed by atoms with Crippen molar-refractivity contribution >= 4 is 44.3 Å². The first-order chi connectivity index (χ1) is 9.22. The highest BCUT2D eigenvalue weighted by Crippen LogP contribution is 2.33. The predicted octanol–water partition coefficient (Wildman–Crippen LogP) is 4.46. The smallest absolute Gasteiger partial charge is 0.238 e. The molecular weight excluding hydrogens is 421 g/mol. The molecular formula is C13H13BrIN3O. The van der Waals surface area contributed by atoms with Gasteiger partial charge in [-0.2, -0.15) is 0 Å². The third-order valence-electron chi connectivity index (χ3n) is 2.34. The van der Waals surface area contributed by atoms with Gasteiger partial charge < -0.3 is 10.1 Å². The Labute approximate surface area is 134 Å². The number of benzene rings is 1. The maximum atomic E-state index is 5.82. The molecule has 2 aromatic rings. The fourth-order valence-electron chi connectivity index (χ4n) is 1.42. The van der Waals surface area contributed by atoms with Crippen molar-refractivity contribution in [1.29, 1.82) is 0 Å². The van der Waals surface area contributed by atoms with Crippen LogP contribution in [0.2, 0.25) is 0 Å². The van der Waals surface area contributed by atoms with Crippen molar-refractivity contribution in [2.75, 3.05) is 11.9 Å². The quantitative estimate of drug-likeness (QED) is 0.707. The number of hydrogen-bond donors (Lipinski definition) is 1. The lowest BCUT2D eigenvalue weighted by Crippen LogP contribution is -2.04. The molecule has 4 nitrogen and oxygen atoms in total. The first-order valence-corrected chi connectivity index (χ1v) is 7.76. The minimum atomic E-state index is 0.512. The van der Waals surface area contributed by atoms with E-state index in [9.17, 15) is 0 Å². The zero-order valence-corrected chi connectivity index (χ0v) is 14.1. The molecule has 0 radical (unpaired) electrons. The zero-order chi connectivity index (χ0) is 13.7. The number of rotatable bonds is 5. The van der Waals surface area contributed by atoms with Crippen molar-refractivity contribution in [1.82, 2.24) is 9.97 Å². The van der Waals surface area contributed by atoms with Crippen molar-refractivity contribution in [2.24, 2.45) is 0 Å². The van der Waals surface area contributed by atoms with Gasteiger partial charge in [0.15, 0.2) is 0 Å². The molecule has 1 aromatic heterocycles. The highest BCUT2D eigenvalue weighted by Gasteiger charge is 2.11. The van der Waals surface area contributed by atoms with Crippen molar-refractivity contribution in [2.45, 2.75) is 13.3 Å². The van der Waals surface area contributed by atoms with E-state index < -0.39 is 0 Å². The number of nitrogens with zero attached hydrogens (tertiary/aromatic N) is 2. The zero-order valence-electron chi connectivity index (χ0n) is 10.4. The van der Waals surface area contributed by atoms with Crippen LogP contribution in [0.3, 0.4) is 0 Å². The highest BCUT2D eigenvalue weighted by molar-refractivity contribution is 14.1. The molecule has 0 aliphatic carbocycles. The summed E-state index contributed by atoms with van der Waals surface area (Å²) in [6, 6.07) is 7.80. The molecule has 0 fully saturated rings. The molecule has 0 saturated heterocycles.